The fraction of sp³-hybridized carbons (Fsp3) is 0.500. The van der Waals surface area contributed by atoms with Gasteiger partial charge in [0.05, 0.1) is 11.5 Å². The van der Waals surface area contributed by atoms with Gasteiger partial charge >= 0.3 is 5.69 Å². The first-order valence-corrected chi connectivity index (χ1v) is 4.56. The van der Waals surface area contributed by atoms with Crippen molar-refractivity contribution in [3.8, 4) is 0 Å². The largest absolute Gasteiger partial charge is 0.383 e. The number of nitrogens with zero attached hydrogens (tertiary/aromatic N) is 3. The Morgan fingerprint density at radius 3 is 2.94 bits per heavy atom. The van der Waals surface area contributed by atoms with Crippen molar-refractivity contribution in [2.75, 3.05) is 24.8 Å². The van der Waals surface area contributed by atoms with Crippen molar-refractivity contribution in [3.05, 3.63) is 16.4 Å². The molecule has 0 aliphatic heterocycles. The molecule has 0 aromatic carbocycles. The molecule has 0 bridgehead atoms. The third-order valence-corrected chi connectivity index (χ3v) is 1.83. The van der Waals surface area contributed by atoms with Crippen LogP contribution in [0.1, 0.15) is 6.92 Å². The number of anilines is 2. The zero-order valence-corrected chi connectivity index (χ0v) is 9.01. The summed E-state index contributed by atoms with van der Waals surface area (Å²) in [6, 6.07) is -0.113. The van der Waals surface area contributed by atoms with Gasteiger partial charge in [-0.2, -0.15) is 0 Å². The molecule has 8 heteroatoms. The molecule has 88 valence electrons. The molecular formula is C8H13N5O3. The van der Waals surface area contributed by atoms with Crippen LogP contribution in [0.15, 0.2) is 6.33 Å². The number of nitrogens with one attached hydrogen (secondary N) is 1. The van der Waals surface area contributed by atoms with E-state index in [4.69, 9.17) is 10.5 Å². The fourth-order valence-electron chi connectivity index (χ4n) is 1.20. The van der Waals surface area contributed by atoms with Crippen LogP contribution < -0.4 is 11.1 Å². The van der Waals surface area contributed by atoms with E-state index in [0.717, 1.165) is 0 Å². The SMILES string of the molecule is COCC(C)Nc1ncnc(N)c1[N+](=O)[O-]. The minimum atomic E-state index is -0.614. The summed E-state index contributed by atoms with van der Waals surface area (Å²) in [5.41, 5.74) is 5.09. The van der Waals surface area contributed by atoms with Crippen molar-refractivity contribution < 1.29 is 9.66 Å². The summed E-state index contributed by atoms with van der Waals surface area (Å²) in [6.45, 7) is 2.21. The van der Waals surface area contributed by atoms with Crippen molar-refractivity contribution in [2.45, 2.75) is 13.0 Å². The molecule has 1 atom stereocenters. The smallest absolute Gasteiger partial charge is 0.352 e. The quantitative estimate of drug-likeness (QED) is 0.552. The average molecular weight is 227 g/mol. The van der Waals surface area contributed by atoms with Gasteiger partial charge in [-0.15, -0.1) is 0 Å². The Balaban J connectivity index is 2.95. The highest BCUT2D eigenvalue weighted by Gasteiger charge is 2.21. The van der Waals surface area contributed by atoms with E-state index in [9.17, 15) is 10.1 Å². The lowest BCUT2D eigenvalue weighted by molar-refractivity contribution is -0.383. The van der Waals surface area contributed by atoms with Crippen LogP contribution in [0.4, 0.5) is 17.3 Å². The lowest BCUT2D eigenvalue weighted by Crippen LogP contribution is -2.22. The minimum absolute atomic E-state index is 0.0991. The standard InChI is InChI=1S/C8H13N5O3/c1-5(3-16-2)12-8-6(13(14)15)7(9)10-4-11-8/h4-5H,3H2,1-2H3,(H3,9,10,11,12). The van der Waals surface area contributed by atoms with Gasteiger partial charge in [0, 0.05) is 13.2 Å². The topological polar surface area (TPSA) is 116 Å². The molecule has 8 nitrogen and oxygen atoms in total. The minimum Gasteiger partial charge on any atom is -0.383 e. The van der Waals surface area contributed by atoms with Gasteiger partial charge in [0.25, 0.3) is 0 Å². The molecule has 0 fully saturated rings. The molecule has 3 N–H and O–H groups in total. The number of nitrogens with two attached hydrogens (primary N) is 1. The van der Waals surface area contributed by atoms with Crippen molar-refractivity contribution in [1.82, 2.24) is 9.97 Å². The van der Waals surface area contributed by atoms with Gasteiger partial charge in [-0.05, 0) is 6.92 Å². The zero-order chi connectivity index (χ0) is 12.1. The fourth-order valence-corrected chi connectivity index (χ4v) is 1.20. The first kappa shape index (κ1) is 12.1. The highest BCUT2D eigenvalue weighted by molar-refractivity contribution is 5.67. The maximum absolute atomic E-state index is 10.8. The Labute approximate surface area is 92.0 Å². The van der Waals surface area contributed by atoms with Gasteiger partial charge in [0.1, 0.15) is 6.33 Å². The van der Waals surface area contributed by atoms with E-state index in [1.54, 1.807) is 7.11 Å². The summed E-state index contributed by atoms with van der Waals surface area (Å²) >= 11 is 0. The van der Waals surface area contributed by atoms with Crippen LogP contribution in [-0.2, 0) is 4.74 Å². The van der Waals surface area contributed by atoms with Crippen LogP contribution in [0, 0.1) is 10.1 Å². The number of methoxy groups -OCH3 is 1. The van der Waals surface area contributed by atoms with Crippen LogP contribution in [0.5, 0.6) is 0 Å². The number of hydrogen-bond acceptors (Lipinski definition) is 7. The summed E-state index contributed by atoms with van der Waals surface area (Å²) in [6.07, 6.45) is 1.17. The number of ether oxygens (including phenoxy) is 1. The number of nitro groups is 1. The molecule has 1 unspecified atom stereocenters. The van der Waals surface area contributed by atoms with Crippen LogP contribution >= 0.6 is 0 Å². The van der Waals surface area contributed by atoms with E-state index in [1.807, 2.05) is 6.92 Å². The molecule has 16 heavy (non-hydrogen) atoms. The Morgan fingerprint density at radius 1 is 1.69 bits per heavy atom. The van der Waals surface area contributed by atoms with Gasteiger partial charge < -0.3 is 15.8 Å². The summed E-state index contributed by atoms with van der Waals surface area (Å²) in [5, 5.41) is 13.6. The van der Waals surface area contributed by atoms with E-state index >= 15 is 0 Å². The molecule has 1 aromatic rings. The van der Waals surface area contributed by atoms with Crippen LogP contribution in [0.3, 0.4) is 0 Å². The second-order valence-corrected chi connectivity index (χ2v) is 3.21. The number of aromatic nitrogens is 2. The molecule has 0 aliphatic carbocycles. The summed E-state index contributed by atoms with van der Waals surface area (Å²) in [5.74, 6) is -0.0610. The van der Waals surface area contributed by atoms with Crippen molar-refractivity contribution in [1.29, 1.82) is 0 Å². The maximum atomic E-state index is 10.8. The first-order valence-electron chi connectivity index (χ1n) is 4.56. The van der Waals surface area contributed by atoms with Crippen LogP contribution in [-0.4, -0.2) is 34.6 Å². The summed E-state index contributed by atoms with van der Waals surface area (Å²) in [4.78, 5) is 17.5. The Kier molecular flexibility index (Phi) is 3.95. The molecule has 1 rings (SSSR count). The second-order valence-electron chi connectivity index (χ2n) is 3.21. The van der Waals surface area contributed by atoms with Gasteiger partial charge in [0.2, 0.25) is 11.6 Å². The normalized spacial score (nSPS) is 12.1. The zero-order valence-electron chi connectivity index (χ0n) is 9.01. The predicted molar refractivity (Wildman–Crippen MR) is 58.1 cm³/mol. The third kappa shape index (κ3) is 2.76. The average Bonchev–Trinajstić information content (AvgIpc) is 2.17. The van der Waals surface area contributed by atoms with E-state index < -0.39 is 4.92 Å². The third-order valence-electron chi connectivity index (χ3n) is 1.83. The van der Waals surface area contributed by atoms with Crippen LogP contribution in [0.2, 0.25) is 0 Å². The molecule has 0 saturated heterocycles. The van der Waals surface area contributed by atoms with Gasteiger partial charge in [0.15, 0.2) is 0 Å². The summed E-state index contributed by atoms with van der Waals surface area (Å²) in [7, 11) is 1.54. The van der Waals surface area contributed by atoms with Gasteiger partial charge in [-0.1, -0.05) is 0 Å². The van der Waals surface area contributed by atoms with Crippen molar-refractivity contribution >= 4 is 17.3 Å². The molecule has 0 spiro atoms. The molecule has 1 heterocycles. The van der Waals surface area contributed by atoms with Crippen LogP contribution in [0.25, 0.3) is 0 Å². The summed E-state index contributed by atoms with van der Waals surface area (Å²) < 4.78 is 4.90. The van der Waals surface area contributed by atoms with Gasteiger partial charge in [-0.25, -0.2) is 9.97 Å². The van der Waals surface area contributed by atoms with Gasteiger partial charge in [-0.3, -0.25) is 10.1 Å². The maximum Gasteiger partial charge on any atom is 0.352 e. The number of hydrogen-bond donors (Lipinski definition) is 2. The first-order chi connectivity index (χ1) is 7.56. The molecule has 0 saturated carbocycles. The van der Waals surface area contributed by atoms with Crippen molar-refractivity contribution in [3.63, 3.8) is 0 Å². The Morgan fingerprint density at radius 2 is 2.38 bits per heavy atom. The molecule has 0 aliphatic rings. The monoisotopic (exact) mass is 227 g/mol. The molecule has 0 radical (unpaired) electrons. The number of nitrogen functional groups attached to an aromatic ring is 1. The van der Waals surface area contributed by atoms with E-state index in [-0.39, 0.29) is 23.4 Å². The lowest BCUT2D eigenvalue weighted by Gasteiger charge is -2.13. The Bertz CT molecular complexity index is 384. The van der Waals surface area contributed by atoms with E-state index in [2.05, 4.69) is 15.3 Å². The highest BCUT2D eigenvalue weighted by Crippen LogP contribution is 2.26. The molecule has 1 aromatic heterocycles. The Hall–Kier alpha value is -1.96. The van der Waals surface area contributed by atoms with E-state index in [1.165, 1.54) is 6.33 Å². The highest BCUT2D eigenvalue weighted by atomic mass is 16.6. The van der Waals surface area contributed by atoms with Crippen molar-refractivity contribution in [2.24, 2.45) is 0 Å². The predicted octanol–water partition coefficient (Wildman–Crippen LogP) is 0.414. The van der Waals surface area contributed by atoms with E-state index in [0.29, 0.717) is 6.61 Å². The molecule has 0 amide bonds. The second kappa shape index (κ2) is 5.21. The number of rotatable bonds is 5. The molecular weight excluding hydrogens is 214 g/mol. The lowest BCUT2D eigenvalue weighted by atomic mass is 10.3.